The zero-order valence-corrected chi connectivity index (χ0v) is 12.6. The number of hydrogen-bond acceptors (Lipinski definition) is 3. The van der Waals surface area contributed by atoms with Crippen LogP contribution in [-0.4, -0.2) is 36.5 Å². The Bertz CT molecular complexity index is 486. The van der Waals surface area contributed by atoms with Gasteiger partial charge in [-0.05, 0) is 44.5 Å². The Kier molecular flexibility index (Phi) is 5.70. The molecule has 1 unspecified atom stereocenters. The number of carbonyl (C=O) groups is 1. The molecule has 0 saturated carbocycles. The maximum Gasteiger partial charge on any atom is 0.248 e. The molecule has 5 heteroatoms. The Morgan fingerprint density at radius 2 is 2.33 bits per heavy atom. The van der Waals surface area contributed by atoms with E-state index in [1.54, 1.807) is 12.1 Å². The molecule has 1 aromatic rings. The van der Waals surface area contributed by atoms with E-state index in [4.69, 9.17) is 5.73 Å². The van der Waals surface area contributed by atoms with Gasteiger partial charge < -0.3 is 11.1 Å². The van der Waals surface area contributed by atoms with Gasteiger partial charge in [-0.15, -0.1) is 0 Å². The molecule has 1 heterocycles. The second-order valence-electron chi connectivity index (χ2n) is 5.64. The SMILES string of the molecule is CCCN(Cc1ccc(C(N)=O)cc1F)C1CCCNC1. The average Bonchev–Trinajstić information content (AvgIpc) is 2.49. The molecule has 3 N–H and O–H groups in total. The molecule has 1 fully saturated rings. The quantitative estimate of drug-likeness (QED) is 0.842. The van der Waals surface area contributed by atoms with Gasteiger partial charge in [-0.1, -0.05) is 13.0 Å². The van der Waals surface area contributed by atoms with E-state index < -0.39 is 5.91 Å². The summed E-state index contributed by atoms with van der Waals surface area (Å²) in [4.78, 5) is 13.4. The Balaban J connectivity index is 2.10. The number of rotatable bonds is 6. The highest BCUT2D eigenvalue weighted by atomic mass is 19.1. The van der Waals surface area contributed by atoms with Gasteiger partial charge in [0.1, 0.15) is 5.82 Å². The number of primary amides is 1. The number of piperidine rings is 1. The molecule has 1 aromatic carbocycles. The first-order chi connectivity index (χ1) is 10.1. The highest BCUT2D eigenvalue weighted by molar-refractivity contribution is 5.92. The van der Waals surface area contributed by atoms with Crippen LogP contribution in [0.1, 0.15) is 42.1 Å². The van der Waals surface area contributed by atoms with Crippen molar-refractivity contribution < 1.29 is 9.18 Å². The Labute approximate surface area is 125 Å². The van der Waals surface area contributed by atoms with Crippen molar-refractivity contribution in [2.24, 2.45) is 5.73 Å². The number of carbonyl (C=O) groups excluding carboxylic acids is 1. The van der Waals surface area contributed by atoms with Crippen LogP contribution in [0.2, 0.25) is 0 Å². The largest absolute Gasteiger partial charge is 0.366 e. The highest BCUT2D eigenvalue weighted by Crippen LogP contribution is 2.18. The summed E-state index contributed by atoms with van der Waals surface area (Å²) in [7, 11) is 0. The molecular weight excluding hydrogens is 269 g/mol. The summed E-state index contributed by atoms with van der Waals surface area (Å²) in [6.07, 6.45) is 3.35. The van der Waals surface area contributed by atoms with E-state index in [2.05, 4.69) is 17.1 Å². The normalized spacial score (nSPS) is 18.9. The van der Waals surface area contributed by atoms with Crippen molar-refractivity contribution in [2.75, 3.05) is 19.6 Å². The Morgan fingerprint density at radius 1 is 1.52 bits per heavy atom. The zero-order chi connectivity index (χ0) is 15.2. The number of benzene rings is 1. The lowest BCUT2D eigenvalue weighted by molar-refractivity contribution is 0.0999. The fourth-order valence-electron chi connectivity index (χ4n) is 2.87. The van der Waals surface area contributed by atoms with Gasteiger partial charge >= 0.3 is 0 Å². The summed E-state index contributed by atoms with van der Waals surface area (Å²) >= 11 is 0. The predicted octanol–water partition coefficient (Wildman–Crippen LogP) is 1.89. The lowest BCUT2D eigenvalue weighted by Crippen LogP contribution is -2.46. The van der Waals surface area contributed by atoms with Crippen LogP contribution in [0.4, 0.5) is 4.39 Å². The molecule has 0 aliphatic carbocycles. The third kappa shape index (κ3) is 4.25. The minimum Gasteiger partial charge on any atom is -0.366 e. The third-order valence-corrected chi connectivity index (χ3v) is 4.01. The fourth-order valence-corrected chi connectivity index (χ4v) is 2.87. The molecule has 1 atom stereocenters. The minimum atomic E-state index is -0.595. The summed E-state index contributed by atoms with van der Waals surface area (Å²) in [5.74, 6) is -0.946. The molecule has 2 rings (SSSR count). The Morgan fingerprint density at radius 3 is 2.90 bits per heavy atom. The van der Waals surface area contributed by atoms with Crippen LogP contribution in [0, 0.1) is 5.82 Å². The fraction of sp³-hybridized carbons (Fsp3) is 0.562. The lowest BCUT2D eigenvalue weighted by atomic mass is 10.0. The van der Waals surface area contributed by atoms with Crippen molar-refractivity contribution in [3.05, 3.63) is 35.1 Å². The maximum atomic E-state index is 14.1. The van der Waals surface area contributed by atoms with Crippen molar-refractivity contribution in [2.45, 2.75) is 38.8 Å². The monoisotopic (exact) mass is 293 g/mol. The average molecular weight is 293 g/mol. The molecule has 21 heavy (non-hydrogen) atoms. The van der Waals surface area contributed by atoms with Crippen LogP contribution >= 0.6 is 0 Å². The molecule has 116 valence electrons. The van der Waals surface area contributed by atoms with Crippen molar-refractivity contribution in [3.63, 3.8) is 0 Å². The number of halogens is 1. The maximum absolute atomic E-state index is 14.1. The third-order valence-electron chi connectivity index (χ3n) is 4.01. The van der Waals surface area contributed by atoms with Gasteiger partial charge in [0.15, 0.2) is 0 Å². The van der Waals surface area contributed by atoms with Gasteiger partial charge in [-0.3, -0.25) is 9.69 Å². The Hall–Kier alpha value is -1.46. The molecule has 4 nitrogen and oxygen atoms in total. The summed E-state index contributed by atoms with van der Waals surface area (Å²) in [5, 5.41) is 3.40. The topological polar surface area (TPSA) is 58.4 Å². The van der Waals surface area contributed by atoms with Crippen LogP contribution < -0.4 is 11.1 Å². The standard InChI is InChI=1S/C16H24FN3O/c1-2-8-20(14-4-3-7-19-10-14)11-13-6-5-12(16(18)21)9-15(13)17/h5-6,9,14,19H,2-4,7-8,10-11H2,1H3,(H2,18,21). The molecule has 0 aromatic heterocycles. The first kappa shape index (κ1) is 15.9. The second-order valence-corrected chi connectivity index (χ2v) is 5.64. The van der Waals surface area contributed by atoms with Gasteiger partial charge in [0.05, 0.1) is 0 Å². The van der Waals surface area contributed by atoms with Crippen LogP contribution in [0.25, 0.3) is 0 Å². The van der Waals surface area contributed by atoms with E-state index in [1.807, 2.05) is 0 Å². The summed E-state index contributed by atoms with van der Waals surface area (Å²) in [5.41, 5.74) is 6.02. The molecule has 1 amide bonds. The summed E-state index contributed by atoms with van der Waals surface area (Å²) in [6, 6.07) is 4.97. The minimum absolute atomic E-state index is 0.220. The van der Waals surface area contributed by atoms with Crippen molar-refractivity contribution in [3.8, 4) is 0 Å². The van der Waals surface area contributed by atoms with E-state index in [0.29, 0.717) is 18.2 Å². The number of nitrogens with two attached hydrogens (primary N) is 1. The van der Waals surface area contributed by atoms with Crippen LogP contribution in [0.5, 0.6) is 0 Å². The number of nitrogens with zero attached hydrogens (tertiary/aromatic N) is 1. The van der Waals surface area contributed by atoms with E-state index in [0.717, 1.165) is 38.9 Å². The van der Waals surface area contributed by atoms with Gasteiger partial charge in [0.25, 0.3) is 0 Å². The summed E-state index contributed by atoms with van der Waals surface area (Å²) < 4.78 is 14.1. The van der Waals surface area contributed by atoms with Gasteiger partial charge in [-0.25, -0.2) is 4.39 Å². The zero-order valence-electron chi connectivity index (χ0n) is 12.6. The number of amides is 1. The van der Waals surface area contributed by atoms with E-state index in [9.17, 15) is 9.18 Å². The predicted molar refractivity (Wildman–Crippen MR) is 81.5 cm³/mol. The van der Waals surface area contributed by atoms with E-state index in [-0.39, 0.29) is 11.4 Å². The smallest absolute Gasteiger partial charge is 0.248 e. The van der Waals surface area contributed by atoms with Gasteiger partial charge in [0.2, 0.25) is 5.91 Å². The molecule has 0 radical (unpaired) electrons. The molecule has 1 aliphatic rings. The van der Waals surface area contributed by atoms with Crippen molar-refractivity contribution in [1.29, 1.82) is 0 Å². The molecule has 0 spiro atoms. The summed E-state index contributed by atoms with van der Waals surface area (Å²) in [6.45, 7) is 5.68. The van der Waals surface area contributed by atoms with Crippen LogP contribution in [0.3, 0.4) is 0 Å². The van der Waals surface area contributed by atoms with E-state index >= 15 is 0 Å². The van der Waals surface area contributed by atoms with Gasteiger partial charge in [-0.2, -0.15) is 0 Å². The van der Waals surface area contributed by atoms with Gasteiger partial charge in [0, 0.05) is 30.3 Å². The van der Waals surface area contributed by atoms with Crippen molar-refractivity contribution >= 4 is 5.91 Å². The molecular formula is C16H24FN3O. The number of hydrogen-bond donors (Lipinski definition) is 2. The first-order valence-electron chi connectivity index (χ1n) is 7.64. The van der Waals surface area contributed by atoms with E-state index in [1.165, 1.54) is 6.07 Å². The van der Waals surface area contributed by atoms with Crippen LogP contribution in [0.15, 0.2) is 18.2 Å². The second kappa shape index (κ2) is 7.52. The lowest BCUT2D eigenvalue weighted by Gasteiger charge is -2.34. The van der Waals surface area contributed by atoms with Crippen molar-refractivity contribution in [1.82, 2.24) is 10.2 Å². The highest BCUT2D eigenvalue weighted by Gasteiger charge is 2.21. The number of nitrogens with one attached hydrogen (secondary N) is 1. The molecule has 0 bridgehead atoms. The molecule has 1 saturated heterocycles. The first-order valence-corrected chi connectivity index (χ1v) is 7.64. The molecule has 1 aliphatic heterocycles. The van der Waals surface area contributed by atoms with Crippen LogP contribution in [-0.2, 0) is 6.54 Å².